The summed E-state index contributed by atoms with van der Waals surface area (Å²) in [7, 11) is 3.02. The fraction of sp³-hybridized carbons (Fsp3) is 0.267. The van der Waals surface area contributed by atoms with Gasteiger partial charge in [-0.05, 0) is 55.3 Å². The van der Waals surface area contributed by atoms with Crippen LogP contribution < -0.4 is 9.47 Å². The Hall–Kier alpha value is -5.46. The molecule has 0 aliphatic rings. The predicted molar refractivity (Wildman–Crippen MR) is 148 cm³/mol. The van der Waals surface area contributed by atoms with Crippen molar-refractivity contribution in [2.75, 3.05) is 14.2 Å². The van der Waals surface area contributed by atoms with Crippen molar-refractivity contribution in [1.82, 2.24) is 0 Å². The molecule has 0 fully saturated rings. The molecule has 0 aliphatic carbocycles. The van der Waals surface area contributed by atoms with Gasteiger partial charge in [-0.15, -0.1) is 0 Å². The van der Waals surface area contributed by atoms with Crippen molar-refractivity contribution in [1.29, 1.82) is 0 Å². The number of ether oxygens (including phenoxy) is 6. The lowest BCUT2D eigenvalue weighted by Crippen LogP contribution is -2.29. The van der Waals surface area contributed by atoms with Gasteiger partial charge in [0.2, 0.25) is 0 Å². The van der Waals surface area contributed by atoms with Crippen molar-refractivity contribution < 1.29 is 52.5 Å². The molecular formula is C30H29NO12. The summed E-state index contributed by atoms with van der Waals surface area (Å²) in [6, 6.07) is 16.6. The van der Waals surface area contributed by atoms with Crippen LogP contribution >= 0.6 is 0 Å². The summed E-state index contributed by atoms with van der Waals surface area (Å²) < 4.78 is 30.7. The highest BCUT2D eigenvalue weighted by molar-refractivity contribution is 6.06. The minimum Gasteiger partial charge on any atom is -0.497 e. The van der Waals surface area contributed by atoms with Crippen LogP contribution in [-0.2, 0) is 41.8 Å². The van der Waals surface area contributed by atoms with E-state index in [2.05, 4.69) is 0 Å². The normalized spacial score (nSPS) is 11.8. The van der Waals surface area contributed by atoms with E-state index in [1.807, 2.05) is 0 Å². The maximum absolute atomic E-state index is 13.0. The number of methoxy groups -OCH3 is 2. The van der Waals surface area contributed by atoms with Crippen molar-refractivity contribution in [3.05, 3.63) is 99.1 Å². The lowest BCUT2D eigenvalue weighted by Gasteiger charge is -2.16. The number of hydrogen-bond donors (Lipinski definition) is 0. The molecule has 0 heterocycles. The zero-order valence-corrected chi connectivity index (χ0v) is 23.8. The van der Waals surface area contributed by atoms with Crippen molar-refractivity contribution in [3.8, 4) is 11.5 Å². The van der Waals surface area contributed by atoms with Gasteiger partial charge >= 0.3 is 23.9 Å². The first-order valence-corrected chi connectivity index (χ1v) is 12.8. The molecule has 0 spiro atoms. The lowest BCUT2D eigenvalue weighted by atomic mass is 10.1. The van der Waals surface area contributed by atoms with Gasteiger partial charge in [0.25, 0.3) is 5.69 Å². The summed E-state index contributed by atoms with van der Waals surface area (Å²) in [5.41, 5.74) is -0.798. The van der Waals surface area contributed by atoms with Gasteiger partial charge in [0.05, 0.1) is 24.7 Å². The highest BCUT2D eigenvalue weighted by Crippen LogP contribution is 2.25. The Labute approximate surface area is 246 Å². The van der Waals surface area contributed by atoms with E-state index in [1.54, 1.807) is 48.5 Å². The summed E-state index contributed by atoms with van der Waals surface area (Å²) in [6.07, 6.45) is -2.91. The van der Waals surface area contributed by atoms with Crippen LogP contribution in [0.5, 0.6) is 11.5 Å². The molecule has 3 aromatic carbocycles. The summed E-state index contributed by atoms with van der Waals surface area (Å²) >= 11 is 0. The Kier molecular flexibility index (Phi) is 11.2. The van der Waals surface area contributed by atoms with Gasteiger partial charge in [-0.25, -0.2) is 19.2 Å². The number of benzene rings is 3. The first-order chi connectivity index (χ1) is 20.5. The van der Waals surface area contributed by atoms with Crippen LogP contribution in [0.3, 0.4) is 0 Å². The average molecular weight is 596 g/mol. The third-order valence-corrected chi connectivity index (χ3v) is 5.97. The van der Waals surface area contributed by atoms with Gasteiger partial charge in [-0.1, -0.05) is 30.3 Å². The Morgan fingerprint density at radius 2 is 1.14 bits per heavy atom. The van der Waals surface area contributed by atoms with Crippen LogP contribution in [-0.4, -0.2) is 55.2 Å². The van der Waals surface area contributed by atoms with Crippen LogP contribution in [0.15, 0.2) is 66.7 Å². The number of rotatable bonds is 13. The van der Waals surface area contributed by atoms with E-state index in [1.165, 1.54) is 28.1 Å². The smallest absolute Gasteiger partial charge is 0.347 e. The van der Waals surface area contributed by atoms with E-state index in [4.69, 9.17) is 28.4 Å². The second kappa shape index (κ2) is 15.0. The first-order valence-electron chi connectivity index (χ1n) is 12.8. The molecule has 0 aliphatic heterocycles. The molecule has 13 nitrogen and oxygen atoms in total. The monoisotopic (exact) mass is 595 g/mol. The van der Waals surface area contributed by atoms with Crippen molar-refractivity contribution in [3.63, 3.8) is 0 Å². The summed E-state index contributed by atoms with van der Waals surface area (Å²) in [5.74, 6) is -3.17. The Balaban J connectivity index is 1.67. The molecule has 3 rings (SSSR count). The second-order valence-corrected chi connectivity index (χ2v) is 8.96. The maximum Gasteiger partial charge on any atom is 0.347 e. The zero-order valence-electron chi connectivity index (χ0n) is 23.8. The van der Waals surface area contributed by atoms with Crippen LogP contribution in [0.25, 0.3) is 0 Å². The molecular weight excluding hydrogens is 566 g/mol. The van der Waals surface area contributed by atoms with Crippen molar-refractivity contribution in [2.24, 2.45) is 0 Å². The molecule has 0 unspecified atom stereocenters. The third kappa shape index (κ3) is 8.76. The third-order valence-electron chi connectivity index (χ3n) is 5.97. The minimum atomic E-state index is -1.48. The molecule has 226 valence electrons. The summed E-state index contributed by atoms with van der Waals surface area (Å²) in [6.45, 7) is 2.19. The highest BCUT2D eigenvalue weighted by atomic mass is 16.6. The Morgan fingerprint density at radius 3 is 1.56 bits per heavy atom. The fourth-order valence-corrected chi connectivity index (χ4v) is 3.60. The Morgan fingerprint density at radius 1 is 0.698 bits per heavy atom. The molecule has 0 amide bonds. The van der Waals surface area contributed by atoms with E-state index < -0.39 is 57.8 Å². The van der Waals surface area contributed by atoms with Crippen molar-refractivity contribution in [2.45, 2.75) is 39.3 Å². The quantitative estimate of drug-likeness (QED) is 0.120. The standard InChI is InChI=1S/C30H29NO12/c1-18(27(32)40-16-20-8-12-22(38-3)13-9-20)42-29(34)24-6-5-7-25(31(36)37)26(24)30(35)43-19(2)28(33)41-17-21-10-14-23(39-4)15-11-21/h5-15,18-19H,16-17H2,1-4H3/t18-,19-/m0/s1. The molecule has 0 bridgehead atoms. The summed E-state index contributed by atoms with van der Waals surface area (Å²) in [4.78, 5) is 61.6. The molecule has 13 heteroatoms. The summed E-state index contributed by atoms with van der Waals surface area (Å²) in [5, 5.41) is 11.7. The number of nitro groups is 1. The van der Waals surface area contributed by atoms with Crippen LogP contribution in [0.2, 0.25) is 0 Å². The van der Waals surface area contributed by atoms with E-state index in [9.17, 15) is 29.3 Å². The first kappa shape index (κ1) is 32.1. The number of carbonyl (C=O) groups is 4. The maximum atomic E-state index is 13.0. The zero-order chi connectivity index (χ0) is 31.5. The van der Waals surface area contributed by atoms with Gasteiger partial charge in [-0.2, -0.15) is 0 Å². The fourth-order valence-electron chi connectivity index (χ4n) is 3.60. The number of carbonyl (C=O) groups excluding carboxylic acids is 4. The van der Waals surface area contributed by atoms with Gasteiger partial charge in [-0.3, -0.25) is 10.1 Å². The largest absolute Gasteiger partial charge is 0.497 e. The number of hydrogen-bond acceptors (Lipinski definition) is 12. The van der Waals surface area contributed by atoms with Gasteiger partial charge in [0.1, 0.15) is 24.7 Å². The lowest BCUT2D eigenvalue weighted by molar-refractivity contribution is -0.385. The predicted octanol–water partition coefficient (Wildman–Crippen LogP) is 4.19. The molecule has 0 aromatic heterocycles. The van der Waals surface area contributed by atoms with E-state index in [-0.39, 0.29) is 13.2 Å². The number of nitro benzene ring substituents is 1. The van der Waals surface area contributed by atoms with Crippen LogP contribution in [0.1, 0.15) is 45.7 Å². The number of nitrogens with zero attached hydrogens (tertiary/aromatic N) is 1. The van der Waals surface area contributed by atoms with E-state index in [0.29, 0.717) is 22.6 Å². The molecule has 2 atom stereocenters. The van der Waals surface area contributed by atoms with Gasteiger partial charge < -0.3 is 28.4 Å². The van der Waals surface area contributed by atoms with Gasteiger partial charge in [0.15, 0.2) is 17.8 Å². The molecule has 3 aromatic rings. The Bertz CT molecular complexity index is 1470. The van der Waals surface area contributed by atoms with Gasteiger partial charge in [0, 0.05) is 6.07 Å². The van der Waals surface area contributed by atoms with Crippen molar-refractivity contribution >= 4 is 29.6 Å². The highest BCUT2D eigenvalue weighted by Gasteiger charge is 2.33. The molecule has 0 radical (unpaired) electrons. The van der Waals surface area contributed by atoms with E-state index >= 15 is 0 Å². The van der Waals surface area contributed by atoms with Crippen LogP contribution in [0, 0.1) is 10.1 Å². The van der Waals surface area contributed by atoms with Crippen LogP contribution in [0.4, 0.5) is 5.69 Å². The minimum absolute atomic E-state index is 0.119. The number of esters is 4. The molecule has 0 saturated carbocycles. The average Bonchev–Trinajstić information content (AvgIpc) is 3.02. The molecule has 0 saturated heterocycles. The second-order valence-electron chi connectivity index (χ2n) is 8.96. The topological polar surface area (TPSA) is 167 Å². The molecule has 43 heavy (non-hydrogen) atoms. The van der Waals surface area contributed by atoms with E-state index in [0.717, 1.165) is 18.2 Å². The molecule has 0 N–H and O–H groups in total. The SMILES string of the molecule is COc1ccc(COC(=O)[C@H](C)OC(=O)c2cccc([N+](=O)[O-])c2C(=O)O[C@@H](C)C(=O)OCc2ccc(OC)cc2)cc1.